The largest absolute Gasteiger partial charge is 0.479 e. The molecule has 0 aromatic carbocycles. The lowest BCUT2D eigenvalue weighted by molar-refractivity contribution is -0.147. The molecule has 6 nitrogen and oxygen atoms in total. The van der Waals surface area contributed by atoms with Gasteiger partial charge in [0.15, 0.2) is 6.10 Å². The average Bonchev–Trinajstić information content (AvgIpc) is 2.70. The summed E-state index contributed by atoms with van der Waals surface area (Å²) < 4.78 is 5.13. The molecule has 6 heteroatoms. The van der Waals surface area contributed by atoms with Crippen LogP contribution in [0.15, 0.2) is 0 Å². The van der Waals surface area contributed by atoms with Gasteiger partial charge in [-0.3, -0.25) is 4.79 Å². The number of hydrogen-bond acceptors (Lipinski definition) is 4. The van der Waals surface area contributed by atoms with E-state index in [0.717, 1.165) is 6.42 Å². The summed E-state index contributed by atoms with van der Waals surface area (Å²) in [5, 5.41) is 19.8. The second kappa shape index (κ2) is 5.67. The van der Waals surface area contributed by atoms with Crippen LogP contribution in [0.3, 0.4) is 0 Å². The highest BCUT2D eigenvalue weighted by atomic mass is 16.5. The maximum atomic E-state index is 11.3. The van der Waals surface area contributed by atoms with Gasteiger partial charge in [0.25, 0.3) is 0 Å². The zero-order valence-corrected chi connectivity index (χ0v) is 8.31. The third-order valence-corrected chi connectivity index (χ3v) is 2.22. The van der Waals surface area contributed by atoms with E-state index in [4.69, 9.17) is 14.9 Å². The normalized spacial score (nSPS) is 22.3. The van der Waals surface area contributed by atoms with Crippen molar-refractivity contribution in [1.82, 2.24) is 5.32 Å². The van der Waals surface area contributed by atoms with Crippen molar-refractivity contribution < 1.29 is 24.5 Å². The number of nitrogens with one attached hydrogen (secondary N) is 1. The van der Waals surface area contributed by atoms with Crippen molar-refractivity contribution in [3.8, 4) is 0 Å². The Labute approximate surface area is 87.2 Å². The van der Waals surface area contributed by atoms with E-state index in [1.54, 1.807) is 0 Å². The predicted molar refractivity (Wildman–Crippen MR) is 50.2 cm³/mol. The first-order valence-electron chi connectivity index (χ1n) is 4.91. The molecule has 0 aromatic heterocycles. The number of carbonyl (C=O) groups excluding carboxylic acids is 1. The van der Waals surface area contributed by atoms with Gasteiger partial charge in [-0.25, -0.2) is 4.79 Å². The summed E-state index contributed by atoms with van der Waals surface area (Å²) in [5.41, 5.74) is 0. The number of ether oxygens (including phenoxy) is 1. The molecule has 1 fully saturated rings. The van der Waals surface area contributed by atoms with Crippen LogP contribution in [0.2, 0.25) is 0 Å². The highest BCUT2D eigenvalue weighted by Gasteiger charge is 2.23. The first kappa shape index (κ1) is 11.9. The Morgan fingerprint density at radius 2 is 2.27 bits per heavy atom. The van der Waals surface area contributed by atoms with Crippen LogP contribution in [-0.2, 0) is 14.3 Å². The van der Waals surface area contributed by atoms with E-state index in [-0.39, 0.29) is 18.9 Å². The number of aliphatic hydroxyl groups excluding tert-OH is 1. The van der Waals surface area contributed by atoms with Crippen molar-refractivity contribution in [3.63, 3.8) is 0 Å². The van der Waals surface area contributed by atoms with Gasteiger partial charge >= 0.3 is 5.97 Å². The van der Waals surface area contributed by atoms with Gasteiger partial charge in [0.1, 0.15) is 6.10 Å². The lowest BCUT2D eigenvalue weighted by Gasteiger charge is -2.11. The van der Waals surface area contributed by atoms with Crippen LogP contribution in [0.1, 0.15) is 19.3 Å². The molecule has 1 rings (SSSR count). The molecule has 0 aromatic rings. The number of carbonyl (C=O) groups is 2. The number of amides is 1. The summed E-state index contributed by atoms with van der Waals surface area (Å²) in [7, 11) is 0. The minimum absolute atomic E-state index is 0.00773. The first-order chi connectivity index (χ1) is 7.11. The van der Waals surface area contributed by atoms with Gasteiger partial charge in [-0.2, -0.15) is 0 Å². The van der Waals surface area contributed by atoms with Crippen LogP contribution < -0.4 is 5.32 Å². The lowest BCUT2D eigenvalue weighted by atomic mass is 10.2. The van der Waals surface area contributed by atoms with Crippen LogP contribution >= 0.6 is 0 Å². The van der Waals surface area contributed by atoms with Crippen molar-refractivity contribution in [2.75, 3.05) is 13.2 Å². The van der Waals surface area contributed by atoms with Gasteiger partial charge in [0.05, 0.1) is 0 Å². The molecule has 2 atom stereocenters. The van der Waals surface area contributed by atoms with Crippen molar-refractivity contribution in [2.24, 2.45) is 0 Å². The van der Waals surface area contributed by atoms with Gasteiger partial charge in [0.2, 0.25) is 5.91 Å². The SMILES string of the molecule is O=C(O)C(O)CCNC(=O)C1CCCO1. The van der Waals surface area contributed by atoms with Crippen LogP contribution in [0.25, 0.3) is 0 Å². The molecule has 1 heterocycles. The lowest BCUT2D eigenvalue weighted by Crippen LogP contribution is -2.36. The molecule has 0 saturated carbocycles. The molecule has 1 aliphatic rings. The Morgan fingerprint density at radius 3 is 2.80 bits per heavy atom. The summed E-state index contributed by atoms with van der Waals surface area (Å²) in [5.74, 6) is -1.51. The Hall–Kier alpha value is -1.14. The Morgan fingerprint density at radius 1 is 1.53 bits per heavy atom. The van der Waals surface area contributed by atoms with E-state index in [2.05, 4.69) is 5.32 Å². The fraction of sp³-hybridized carbons (Fsp3) is 0.778. The summed E-state index contributed by atoms with van der Waals surface area (Å²) in [6.07, 6.45) is -0.251. The van der Waals surface area contributed by atoms with Crippen molar-refractivity contribution >= 4 is 11.9 Å². The van der Waals surface area contributed by atoms with Crippen LogP contribution in [0.5, 0.6) is 0 Å². The van der Waals surface area contributed by atoms with Crippen molar-refractivity contribution in [2.45, 2.75) is 31.5 Å². The van der Waals surface area contributed by atoms with Crippen molar-refractivity contribution in [3.05, 3.63) is 0 Å². The maximum absolute atomic E-state index is 11.3. The quantitative estimate of drug-likeness (QED) is 0.555. The summed E-state index contributed by atoms with van der Waals surface area (Å²) >= 11 is 0. The molecule has 2 unspecified atom stereocenters. The van der Waals surface area contributed by atoms with E-state index in [0.29, 0.717) is 13.0 Å². The first-order valence-corrected chi connectivity index (χ1v) is 4.91. The Balaban J connectivity index is 2.14. The zero-order valence-electron chi connectivity index (χ0n) is 8.31. The second-order valence-corrected chi connectivity index (χ2v) is 3.44. The predicted octanol–water partition coefficient (Wildman–Crippen LogP) is -0.883. The molecule has 86 valence electrons. The third kappa shape index (κ3) is 3.85. The minimum Gasteiger partial charge on any atom is -0.479 e. The molecule has 1 aliphatic heterocycles. The van der Waals surface area contributed by atoms with Gasteiger partial charge in [-0.15, -0.1) is 0 Å². The highest BCUT2D eigenvalue weighted by molar-refractivity contribution is 5.81. The molecule has 1 saturated heterocycles. The van der Waals surface area contributed by atoms with Crippen molar-refractivity contribution in [1.29, 1.82) is 0 Å². The second-order valence-electron chi connectivity index (χ2n) is 3.44. The molecule has 0 bridgehead atoms. The molecule has 1 amide bonds. The number of aliphatic hydroxyl groups is 1. The van der Waals surface area contributed by atoms with Gasteiger partial charge in [0, 0.05) is 19.6 Å². The summed E-state index contributed by atoms with van der Waals surface area (Å²) in [6, 6.07) is 0. The number of rotatable bonds is 5. The van der Waals surface area contributed by atoms with Crippen LogP contribution in [0.4, 0.5) is 0 Å². The van der Waals surface area contributed by atoms with Gasteiger partial charge in [-0.1, -0.05) is 0 Å². The number of hydrogen-bond donors (Lipinski definition) is 3. The third-order valence-electron chi connectivity index (χ3n) is 2.22. The number of aliphatic carboxylic acids is 1. The molecular weight excluding hydrogens is 202 g/mol. The number of carboxylic acids is 1. The average molecular weight is 217 g/mol. The highest BCUT2D eigenvalue weighted by Crippen LogP contribution is 2.11. The van der Waals surface area contributed by atoms with Crippen LogP contribution in [0, 0.1) is 0 Å². The van der Waals surface area contributed by atoms with E-state index >= 15 is 0 Å². The zero-order chi connectivity index (χ0) is 11.3. The van der Waals surface area contributed by atoms with Gasteiger partial charge < -0.3 is 20.3 Å². The minimum atomic E-state index is -1.42. The summed E-state index contributed by atoms with van der Waals surface area (Å²) in [4.78, 5) is 21.6. The van der Waals surface area contributed by atoms with E-state index in [1.807, 2.05) is 0 Å². The molecule has 15 heavy (non-hydrogen) atoms. The van der Waals surface area contributed by atoms with E-state index in [9.17, 15) is 9.59 Å². The van der Waals surface area contributed by atoms with Crippen LogP contribution in [-0.4, -0.2) is 47.4 Å². The molecular formula is C9H15NO5. The van der Waals surface area contributed by atoms with E-state index in [1.165, 1.54) is 0 Å². The fourth-order valence-corrected chi connectivity index (χ4v) is 1.35. The molecule has 3 N–H and O–H groups in total. The fourth-order valence-electron chi connectivity index (χ4n) is 1.35. The maximum Gasteiger partial charge on any atom is 0.332 e. The smallest absolute Gasteiger partial charge is 0.332 e. The van der Waals surface area contributed by atoms with E-state index < -0.39 is 18.2 Å². The standard InChI is InChI=1S/C9H15NO5/c11-6(9(13)14)3-4-10-8(12)7-2-1-5-15-7/h6-7,11H,1-5H2,(H,10,12)(H,13,14). The molecule has 0 spiro atoms. The summed E-state index contributed by atoms with van der Waals surface area (Å²) in [6.45, 7) is 0.738. The topological polar surface area (TPSA) is 95.9 Å². The Kier molecular flexibility index (Phi) is 4.51. The number of carboxylic acid groups (broad SMARTS) is 1. The molecule has 0 aliphatic carbocycles. The monoisotopic (exact) mass is 217 g/mol. The molecule has 0 radical (unpaired) electrons. The Bertz CT molecular complexity index is 237. The van der Waals surface area contributed by atoms with Gasteiger partial charge in [-0.05, 0) is 12.8 Å².